The molecule has 238 valence electrons. The molecule has 2 aromatic heterocycles. The molecule has 1 saturated heterocycles. The first-order chi connectivity index (χ1) is 22.4. The molecule has 7 rings (SSSR count). The number of carbonyl (C=O) groups is 1. The molecule has 1 aliphatic heterocycles. The zero-order chi connectivity index (χ0) is 31.6. The van der Waals surface area contributed by atoms with Crippen molar-refractivity contribution < 1.29 is 19.0 Å². The van der Waals surface area contributed by atoms with Gasteiger partial charge in [-0.3, -0.25) is 9.69 Å². The third-order valence-electron chi connectivity index (χ3n) is 9.17. The number of fused-ring (bicyclic) bond motifs is 3. The minimum absolute atomic E-state index is 0.0495. The van der Waals surface area contributed by atoms with Crippen LogP contribution in [0.5, 0.6) is 16.7 Å². The summed E-state index contributed by atoms with van der Waals surface area (Å²) in [5, 5.41) is 3.09. The average Bonchev–Trinajstić information content (AvgIpc) is 3.60. The van der Waals surface area contributed by atoms with Gasteiger partial charge in [0.15, 0.2) is 0 Å². The van der Waals surface area contributed by atoms with Gasteiger partial charge in [0.1, 0.15) is 11.5 Å². The topological polar surface area (TPSA) is 76.7 Å². The molecule has 3 aromatic carbocycles. The van der Waals surface area contributed by atoms with Crippen molar-refractivity contribution in [1.82, 2.24) is 14.9 Å². The predicted molar refractivity (Wildman–Crippen MR) is 183 cm³/mol. The van der Waals surface area contributed by atoms with Crippen LogP contribution in [0.3, 0.4) is 0 Å². The van der Waals surface area contributed by atoms with E-state index in [2.05, 4.69) is 27.0 Å². The molecular formula is C36H35Cl2N3O4S. The van der Waals surface area contributed by atoms with E-state index in [1.807, 2.05) is 43.5 Å². The Labute approximate surface area is 282 Å². The van der Waals surface area contributed by atoms with E-state index in [4.69, 9.17) is 37.4 Å². The molecule has 3 heterocycles. The number of carbonyl (C=O) groups excluding carboxylic acids is 1. The Kier molecular flexibility index (Phi) is 9.33. The minimum Gasteiger partial charge on any atom is -0.431 e. The number of thiazole rings is 1. The van der Waals surface area contributed by atoms with Gasteiger partial charge < -0.3 is 19.2 Å². The summed E-state index contributed by atoms with van der Waals surface area (Å²) < 4.78 is 17.4. The van der Waals surface area contributed by atoms with Crippen LogP contribution in [0.4, 0.5) is 0 Å². The predicted octanol–water partition coefficient (Wildman–Crippen LogP) is 8.88. The molecule has 7 nitrogen and oxygen atoms in total. The maximum absolute atomic E-state index is 13.3. The van der Waals surface area contributed by atoms with Crippen LogP contribution in [-0.4, -0.2) is 47.1 Å². The van der Waals surface area contributed by atoms with Gasteiger partial charge in [-0.15, -0.1) is 0 Å². The van der Waals surface area contributed by atoms with Gasteiger partial charge in [-0.2, -0.15) is 0 Å². The number of aryl methyl sites for hydroxylation is 1. The molecule has 10 heteroatoms. The number of ether oxygens (including phenoxy) is 3. The SMILES string of the molecule is CC(C(=O)Oc1ccc(Cl)cc1)C1CCc2c([nH]c3ccc(Cl)cc23)C(c2ccc(Oc3ncc(CN4CCOCC4)s3)cc2)C1. The van der Waals surface area contributed by atoms with Crippen LogP contribution in [0.25, 0.3) is 10.9 Å². The molecule has 3 atom stereocenters. The third-order valence-corrected chi connectivity index (χ3v) is 10.5. The molecular weight excluding hydrogens is 641 g/mol. The first-order valence-corrected chi connectivity index (χ1v) is 17.3. The second-order valence-electron chi connectivity index (χ2n) is 12.1. The van der Waals surface area contributed by atoms with Crippen LogP contribution in [0.2, 0.25) is 10.0 Å². The Morgan fingerprint density at radius 1 is 1.04 bits per heavy atom. The smallest absolute Gasteiger partial charge is 0.314 e. The molecule has 0 spiro atoms. The fourth-order valence-corrected chi connectivity index (χ4v) is 7.71. The molecule has 1 aliphatic carbocycles. The molecule has 5 aromatic rings. The van der Waals surface area contributed by atoms with E-state index in [0.717, 1.165) is 74.3 Å². The summed E-state index contributed by atoms with van der Waals surface area (Å²) in [5.41, 5.74) is 4.67. The zero-order valence-electron chi connectivity index (χ0n) is 25.5. The second kappa shape index (κ2) is 13.8. The van der Waals surface area contributed by atoms with Gasteiger partial charge in [0.2, 0.25) is 0 Å². The van der Waals surface area contributed by atoms with E-state index in [-0.39, 0.29) is 23.7 Å². The monoisotopic (exact) mass is 675 g/mol. The molecule has 2 aliphatic rings. The summed E-state index contributed by atoms with van der Waals surface area (Å²) in [6.07, 6.45) is 4.39. The summed E-state index contributed by atoms with van der Waals surface area (Å²) in [4.78, 5) is 25.1. The Morgan fingerprint density at radius 3 is 2.57 bits per heavy atom. The van der Waals surface area contributed by atoms with Crippen molar-refractivity contribution in [3.05, 3.63) is 105 Å². The van der Waals surface area contributed by atoms with Crippen molar-refractivity contribution >= 4 is 51.4 Å². The van der Waals surface area contributed by atoms with E-state index < -0.39 is 0 Å². The fraction of sp³-hybridized carbons (Fsp3) is 0.333. The van der Waals surface area contributed by atoms with Crippen LogP contribution in [-0.2, 0) is 22.5 Å². The Hall–Kier alpha value is -3.40. The van der Waals surface area contributed by atoms with Gasteiger partial charge in [-0.05, 0) is 90.9 Å². The summed E-state index contributed by atoms with van der Waals surface area (Å²) in [6.45, 7) is 6.26. The van der Waals surface area contributed by atoms with Crippen LogP contribution < -0.4 is 9.47 Å². The second-order valence-corrected chi connectivity index (χ2v) is 14.1. The highest BCUT2D eigenvalue weighted by Crippen LogP contribution is 2.44. The van der Waals surface area contributed by atoms with Crippen molar-refractivity contribution in [2.75, 3.05) is 26.3 Å². The van der Waals surface area contributed by atoms with Crippen molar-refractivity contribution in [2.24, 2.45) is 11.8 Å². The number of halogens is 2. The number of hydrogen-bond donors (Lipinski definition) is 1. The standard InChI is InChI=1S/C36H35Cl2N3O4S/c1-22(35(42)44-27-10-5-25(37)6-11-27)24-4-12-30-32-19-26(38)7-13-33(32)40-34(30)31(18-24)23-2-8-28(9-3-23)45-36-39-20-29(46-36)21-41-14-16-43-17-15-41/h2-3,5-11,13,19-20,22,24,31,40H,4,12,14-18,21H2,1H3. The first-order valence-electron chi connectivity index (χ1n) is 15.7. The molecule has 0 amide bonds. The molecule has 3 unspecified atom stereocenters. The van der Waals surface area contributed by atoms with Crippen molar-refractivity contribution in [3.63, 3.8) is 0 Å². The lowest BCUT2D eigenvalue weighted by Crippen LogP contribution is -2.35. The maximum Gasteiger partial charge on any atom is 0.314 e. The highest BCUT2D eigenvalue weighted by Gasteiger charge is 2.34. The third kappa shape index (κ3) is 6.97. The van der Waals surface area contributed by atoms with E-state index >= 15 is 0 Å². The first kappa shape index (κ1) is 31.2. The zero-order valence-corrected chi connectivity index (χ0v) is 27.8. The summed E-state index contributed by atoms with van der Waals surface area (Å²) in [5.74, 6) is 0.872. The van der Waals surface area contributed by atoms with Gasteiger partial charge in [0.25, 0.3) is 5.19 Å². The minimum atomic E-state index is -0.295. The number of hydrogen-bond acceptors (Lipinski definition) is 7. The molecule has 46 heavy (non-hydrogen) atoms. The number of benzene rings is 3. The van der Waals surface area contributed by atoms with Crippen molar-refractivity contribution in [3.8, 4) is 16.7 Å². The van der Waals surface area contributed by atoms with Crippen LogP contribution in [0.15, 0.2) is 72.9 Å². The number of nitrogens with one attached hydrogen (secondary N) is 1. The quantitative estimate of drug-likeness (QED) is 0.101. The van der Waals surface area contributed by atoms with Crippen LogP contribution in [0.1, 0.15) is 47.4 Å². The van der Waals surface area contributed by atoms with Crippen LogP contribution >= 0.6 is 34.5 Å². The maximum atomic E-state index is 13.3. The summed E-state index contributed by atoms with van der Waals surface area (Å²) >= 11 is 14.0. The Bertz CT molecular complexity index is 1820. The Balaban J connectivity index is 1.12. The molecule has 0 radical (unpaired) electrons. The Morgan fingerprint density at radius 2 is 1.78 bits per heavy atom. The number of nitrogens with zero attached hydrogens (tertiary/aromatic N) is 2. The largest absolute Gasteiger partial charge is 0.431 e. The number of rotatable bonds is 8. The van der Waals surface area contributed by atoms with Gasteiger partial charge in [0.05, 0.1) is 19.1 Å². The molecule has 1 N–H and O–H groups in total. The number of aromatic amines is 1. The lowest BCUT2D eigenvalue weighted by molar-refractivity contribution is -0.140. The lowest BCUT2D eigenvalue weighted by Gasteiger charge is -2.25. The number of aromatic nitrogens is 2. The van der Waals surface area contributed by atoms with Gasteiger partial charge in [-0.25, -0.2) is 4.98 Å². The number of esters is 1. The number of morpholine rings is 1. The van der Waals surface area contributed by atoms with Crippen molar-refractivity contribution in [2.45, 2.75) is 38.6 Å². The molecule has 1 fully saturated rings. The molecule has 0 saturated carbocycles. The summed E-state index contributed by atoms with van der Waals surface area (Å²) in [7, 11) is 0. The molecule has 0 bridgehead atoms. The lowest BCUT2D eigenvalue weighted by atomic mass is 9.81. The van der Waals surface area contributed by atoms with E-state index in [0.29, 0.717) is 21.0 Å². The normalized spacial score (nSPS) is 19.4. The van der Waals surface area contributed by atoms with E-state index in [9.17, 15) is 4.79 Å². The van der Waals surface area contributed by atoms with Gasteiger partial charge >= 0.3 is 5.97 Å². The van der Waals surface area contributed by atoms with Gasteiger partial charge in [-0.1, -0.05) is 53.6 Å². The highest BCUT2D eigenvalue weighted by atomic mass is 35.5. The van der Waals surface area contributed by atoms with E-state index in [1.165, 1.54) is 16.1 Å². The fourth-order valence-electron chi connectivity index (χ4n) is 6.60. The van der Waals surface area contributed by atoms with Gasteiger partial charge in [0, 0.05) is 63.3 Å². The van der Waals surface area contributed by atoms with Crippen LogP contribution in [0, 0.1) is 11.8 Å². The summed E-state index contributed by atoms with van der Waals surface area (Å²) in [6, 6.07) is 21.2. The average molecular weight is 677 g/mol. The van der Waals surface area contributed by atoms with Crippen molar-refractivity contribution in [1.29, 1.82) is 0 Å². The highest BCUT2D eigenvalue weighted by molar-refractivity contribution is 7.13. The van der Waals surface area contributed by atoms with E-state index in [1.54, 1.807) is 35.6 Å². The number of H-pyrrole nitrogens is 1.